The Morgan fingerprint density at radius 3 is 2.13 bits per heavy atom. The number of hydrogen-bond acceptors (Lipinski definition) is 5. The summed E-state index contributed by atoms with van der Waals surface area (Å²) in [6.45, 7) is 4.20. The number of aliphatic hydroxyl groups excluding tert-OH is 1. The smallest absolute Gasteiger partial charge is 0.300 e. The second-order valence-corrected chi connectivity index (χ2v) is 9.63. The molecule has 1 fully saturated rings. The number of nitrogens with zero attached hydrogens (tertiary/aromatic N) is 1. The van der Waals surface area contributed by atoms with E-state index in [0.29, 0.717) is 17.0 Å². The van der Waals surface area contributed by atoms with Crippen molar-refractivity contribution in [1.82, 2.24) is 0 Å². The van der Waals surface area contributed by atoms with E-state index in [2.05, 4.69) is 13.8 Å². The first kappa shape index (κ1) is 27.3. The normalized spacial score (nSPS) is 16.7. The molecule has 1 saturated heterocycles. The summed E-state index contributed by atoms with van der Waals surface area (Å²) in [4.78, 5) is 28.5. The molecule has 1 heterocycles. The minimum Gasteiger partial charge on any atom is -0.507 e. The SMILES string of the molecule is CCCCc1ccc(N2C(=O)C(=O)/C(=C(/O)c3cc(OC)c(Cl)cc3OC)C2c2ccc(CC)cc2)cc1. The van der Waals surface area contributed by atoms with E-state index >= 15 is 0 Å². The minimum atomic E-state index is -0.839. The Labute approximate surface area is 228 Å². The molecule has 1 aliphatic rings. The van der Waals surface area contributed by atoms with Crippen molar-refractivity contribution in [2.45, 2.75) is 45.6 Å². The topological polar surface area (TPSA) is 76.1 Å². The molecule has 7 heteroatoms. The van der Waals surface area contributed by atoms with Gasteiger partial charge in [0.05, 0.1) is 36.4 Å². The largest absolute Gasteiger partial charge is 0.507 e. The highest BCUT2D eigenvalue weighted by molar-refractivity contribution is 6.51. The molecule has 1 atom stereocenters. The third-order valence-electron chi connectivity index (χ3n) is 6.91. The predicted molar refractivity (Wildman–Crippen MR) is 150 cm³/mol. The first-order valence-electron chi connectivity index (χ1n) is 12.7. The van der Waals surface area contributed by atoms with Crippen molar-refractivity contribution in [3.05, 3.63) is 93.5 Å². The van der Waals surface area contributed by atoms with Crippen LogP contribution in [0, 0.1) is 0 Å². The predicted octanol–water partition coefficient (Wildman–Crippen LogP) is 6.89. The third kappa shape index (κ3) is 5.14. The van der Waals surface area contributed by atoms with Gasteiger partial charge in [0.15, 0.2) is 0 Å². The van der Waals surface area contributed by atoms with Gasteiger partial charge >= 0.3 is 0 Å². The van der Waals surface area contributed by atoms with Crippen LogP contribution in [0.1, 0.15) is 55.0 Å². The van der Waals surface area contributed by atoms with Crippen LogP contribution in [-0.4, -0.2) is 31.0 Å². The standard InChI is InChI=1S/C31H32ClNO5/c1-5-7-8-20-11-15-22(16-12-20)33-28(21-13-9-19(6-2)10-14-21)27(30(35)31(33)36)29(34)23-17-26(38-4)24(32)18-25(23)37-3/h9-18,28,34H,5-8H2,1-4H3/b29-27+. The van der Waals surface area contributed by atoms with Gasteiger partial charge in [-0.2, -0.15) is 0 Å². The summed E-state index contributed by atoms with van der Waals surface area (Å²) >= 11 is 6.27. The molecule has 0 spiro atoms. The van der Waals surface area contributed by atoms with Crippen LogP contribution in [0.2, 0.25) is 5.02 Å². The number of benzene rings is 3. The van der Waals surface area contributed by atoms with Gasteiger partial charge in [-0.25, -0.2) is 0 Å². The maximum absolute atomic E-state index is 13.5. The van der Waals surface area contributed by atoms with Crippen LogP contribution in [0.15, 0.2) is 66.2 Å². The molecule has 38 heavy (non-hydrogen) atoms. The van der Waals surface area contributed by atoms with E-state index in [4.69, 9.17) is 21.1 Å². The Balaban J connectivity index is 1.91. The number of ether oxygens (including phenoxy) is 2. The van der Waals surface area contributed by atoms with E-state index in [0.717, 1.165) is 36.8 Å². The fraction of sp³-hybridized carbons (Fsp3) is 0.290. The summed E-state index contributed by atoms with van der Waals surface area (Å²) in [5.41, 5.74) is 3.74. The van der Waals surface area contributed by atoms with Crippen LogP contribution in [0.25, 0.3) is 5.76 Å². The lowest BCUT2D eigenvalue weighted by Gasteiger charge is -2.26. The summed E-state index contributed by atoms with van der Waals surface area (Å²) in [6, 6.07) is 17.6. The van der Waals surface area contributed by atoms with E-state index in [1.807, 2.05) is 48.5 Å². The van der Waals surface area contributed by atoms with Gasteiger partial charge < -0.3 is 14.6 Å². The highest BCUT2D eigenvalue weighted by Crippen LogP contribution is 2.44. The van der Waals surface area contributed by atoms with Gasteiger partial charge in [-0.1, -0.05) is 68.3 Å². The summed E-state index contributed by atoms with van der Waals surface area (Å²) in [5, 5.41) is 11.9. The number of carbonyl (C=O) groups is 2. The van der Waals surface area contributed by atoms with E-state index in [1.54, 1.807) is 0 Å². The number of aryl methyl sites for hydroxylation is 2. The van der Waals surface area contributed by atoms with Gasteiger partial charge in [0.25, 0.3) is 11.7 Å². The maximum atomic E-state index is 13.5. The zero-order chi connectivity index (χ0) is 27.4. The zero-order valence-corrected chi connectivity index (χ0v) is 22.8. The molecule has 0 radical (unpaired) electrons. The summed E-state index contributed by atoms with van der Waals surface area (Å²) in [5.74, 6) is -1.30. The summed E-state index contributed by atoms with van der Waals surface area (Å²) in [7, 11) is 2.89. The van der Waals surface area contributed by atoms with Crippen molar-refractivity contribution in [2.24, 2.45) is 0 Å². The molecule has 0 aromatic heterocycles. The number of anilines is 1. The first-order valence-corrected chi connectivity index (χ1v) is 13.1. The number of aliphatic hydroxyl groups is 1. The number of Topliss-reactive ketones (excluding diaryl/α,β-unsaturated/α-hetero) is 1. The quantitative estimate of drug-likeness (QED) is 0.184. The molecule has 1 amide bonds. The molecule has 3 aromatic carbocycles. The number of carbonyl (C=O) groups excluding carboxylic acids is 2. The second kappa shape index (κ2) is 11.7. The second-order valence-electron chi connectivity index (χ2n) is 9.22. The molecule has 0 bridgehead atoms. The maximum Gasteiger partial charge on any atom is 0.300 e. The van der Waals surface area contributed by atoms with E-state index in [9.17, 15) is 14.7 Å². The lowest BCUT2D eigenvalue weighted by atomic mass is 9.94. The Morgan fingerprint density at radius 1 is 0.921 bits per heavy atom. The van der Waals surface area contributed by atoms with Crippen molar-refractivity contribution in [3.63, 3.8) is 0 Å². The number of ketones is 1. The number of rotatable bonds is 9. The van der Waals surface area contributed by atoms with Gasteiger partial charge in [-0.3, -0.25) is 14.5 Å². The first-order chi connectivity index (χ1) is 18.3. The molecule has 0 aliphatic carbocycles. The molecule has 6 nitrogen and oxygen atoms in total. The summed E-state index contributed by atoms with van der Waals surface area (Å²) < 4.78 is 10.8. The number of amides is 1. The zero-order valence-electron chi connectivity index (χ0n) is 22.1. The van der Waals surface area contributed by atoms with Crippen LogP contribution < -0.4 is 14.4 Å². The van der Waals surface area contributed by atoms with Gasteiger partial charge in [-0.15, -0.1) is 0 Å². The highest BCUT2D eigenvalue weighted by Gasteiger charge is 2.47. The van der Waals surface area contributed by atoms with Gasteiger partial charge in [0.2, 0.25) is 0 Å². The van der Waals surface area contributed by atoms with Crippen molar-refractivity contribution < 1.29 is 24.2 Å². The van der Waals surface area contributed by atoms with Gasteiger partial charge in [0, 0.05) is 11.8 Å². The molecular formula is C31H32ClNO5. The van der Waals surface area contributed by atoms with Crippen LogP contribution in [0.5, 0.6) is 11.5 Å². The lowest BCUT2D eigenvalue weighted by molar-refractivity contribution is -0.132. The summed E-state index contributed by atoms with van der Waals surface area (Å²) in [6.07, 6.45) is 3.94. The molecule has 1 N–H and O–H groups in total. The van der Waals surface area contributed by atoms with Crippen molar-refractivity contribution >= 4 is 34.7 Å². The monoisotopic (exact) mass is 533 g/mol. The lowest BCUT2D eigenvalue weighted by Crippen LogP contribution is -2.29. The Bertz CT molecular complexity index is 1360. The Kier molecular flexibility index (Phi) is 8.42. The van der Waals surface area contributed by atoms with Gasteiger partial charge in [-0.05, 0) is 54.2 Å². The molecule has 3 aromatic rings. The molecule has 4 rings (SSSR count). The Hall–Kier alpha value is -3.77. The number of hydrogen-bond donors (Lipinski definition) is 1. The molecule has 1 unspecified atom stereocenters. The number of halogens is 1. The Morgan fingerprint density at radius 2 is 1.55 bits per heavy atom. The van der Waals surface area contributed by atoms with Crippen LogP contribution in [0.4, 0.5) is 5.69 Å². The van der Waals surface area contributed by atoms with Crippen molar-refractivity contribution in [1.29, 1.82) is 0 Å². The molecule has 0 saturated carbocycles. The fourth-order valence-electron chi connectivity index (χ4n) is 4.74. The minimum absolute atomic E-state index is 0.0306. The van der Waals surface area contributed by atoms with E-state index < -0.39 is 17.7 Å². The van der Waals surface area contributed by atoms with Crippen LogP contribution in [-0.2, 0) is 22.4 Å². The highest BCUT2D eigenvalue weighted by atomic mass is 35.5. The molecular weight excluding hydrogens is 502 g/mol. The average molecular weight is 534 g/mol. The fourth-order valence-corrected chi connectivity index (χ4v) is 4.98. The average Bonchev–Trinajstić information content (AvgIpc) is 3.21. The van der Waals surface area contributed by atoms with E-state index in [1.165, 1.54) is 31.3 Å². The van der Waals surface area contributed by atoms with Crippen LogP contribution in [0.3, 0.4) is 0 Å². The third-order valence-corrected chi connectivity index (χ3v) is 7.21. The van der Waals surface area contributed by atoms with E-state index in [-0.39, 0.29) is 27.7 Å². The molecule has 198 valence electrons. The van der Waals surface area contributed by atoms with Crippen molar-refractivity contribution in [2.75, 3.05) is 19.1 Å². The van der Waals surface area contributed by atoms with Crippen molar-refractivity contribution in [3.8, 4) is 11.5 Å². The number of methoxy groups -OCH3 is 2. The number of unbranched alkanes of at least 4 members (excludes halogenated alkanes) is 1. The van der Waals surface area contributed by atoms with Gasteiger partial charge in [0.1, 0.15) is 17.3 Å². The van der Waals surface area contributed by atoms with Crippen LogP contribution >= 0.6 is 11.6 Å². The molecule has 1 aliphatic heterocycles.